The van der Waals surface area contributed by atoms with Crippen LogP contribution < -0.4 is 4.72 Å². The third-order valence-electron chi connectivity index (χ3n) is 2.38. The molecular weight excluding hydrogens is 332 g/mol. The van der Waals surface area contributed by atoms with Crippen LogP contribution in [0.15, 0.2) is 52.1 Å². The highest BCUT2D eigenvalue weighted by molar-refractivity contribution is 9.10. The zero-order chi connectivity index (χ0) is 14.0. The number of hydrogen-bond acceptors (Lipinski definition) is 3. The summed E-state index contributed by atoms with van der Waals surface area (Å²) in [6.45, 7) is 1.16. The van der Waals surface area contributed by atoms with Crippen molar-refractivity contribution in [2.24, 2.45) is 0 Å². The summed E-state index contributed by atoms with van der Waals surface area (Å²) in [4.78, 5) is 11.0. The third kappa shape index (κ3) is 2.87. The fourth-order valence-electron chi connectivity index (χ4n) is 1.69. The van der Waals surface area contributed by atoms with E-state index in [9.17, 15) is 13.2 Å². The molecule has 0 aliphatic rings. The minimum absolute atomic E-state index is 0.0354. The molecule has 5 nitrogen and oxygen atoms in total. The summed E-state index contributed by atoms with van der Waals surface area (Å²) in [5.41, 5.74) is 0.459. The fourth-order valence-corrected chi connectivity index (χ4v) is 3.61. The second kappa shape index (κ2) is 5.18. The van der Waals surface area contributed by atoms with Crippen LogP contribution in [0.5, 0.6) is 0 Å². The SMILES string of the molecule is CC(=O)NS(=O)(=O)c1cccc(Br)c1-n1cccc1. The maximum Gasteiger partial charge on any atom is 0.266 e. The summed E-state index contributed by atoms with van der Waals surface area (Å²) >= 11 is 3.33. The van der Waals surface area contributed by atoms with Gasteiger partial charge in [-0.15, -0.1) is 0 Å². The fraction of sp³-hybridized carbons (Fsp3) is 0.0833. The molecule has 1 aromatic carbocycles. The predicted octanol–water partition coefficient (Wildman–Crippen LogP) is 2.06. The summed E-state index contributed by atoms with van der Waals surface area (Å²) in [5, 5.41) is 0. The maximum absolute atomic E-state index is 12.1. The lowest BCUT2D eigenvalue weighted by atomic mass is 10.3. The molecule has 0 spiro atoms. The number of benzene rings is 1. The molecule has 2 aromatic rings. The Balaban J connectivity index is 2.66. The number of amides is 1. The number of rotatable bonds is 3. The van der Waals surface area contributed by atoms with Gasteiger partial charge in [0.2, 0.25) is 5.91 Å². The minimum atomic E-state index is -3.89. The molecule has 1 aromatic heterocycles. The van der Waals surface area contributed by atoms with Crippen LogP contribution in [0, 0.1) is 0 Å². The Kier molecular flexibility index (Phi) is 3.77. The molecule has 2 rings (SSSR count). The van der Waals surface area contributed by atoms with Crippen molar-refractivity contribution in [3.63, 3.8) is 0 Å². The maximum atomic E-state index is 12.1. The van der Waals surface area contributed by atoms with Crippen LogP contribution in [-0.4, -0.2) is 18.9 Å². The van der Waals surface area contributed by atoms with Gasteiger partial charge in [-0.1, -0.05) is 6.07 Å². The number of nitrogens with one attached hydrogen (secondary N) is 1. The molecule has 0 saturated heterocycles. The Bertz CT molecular complexity index is 709. The second-order valence-electron chi connectivity index (χ2n) is 3.84. The summed E-state index contributed by atoms with van der Waals surface area (Å²) in [6, 6.07) is 8.36. The smallest absolute Gasteiger partial charge is 0.266 e. The van der Waals surface area contributed by atoms with Gasteiger partial charge in [-0.05, 0) is 40.2 Å². The van der Waals surface area contributed by atoms with Gasteiger partial charge in [0, 0.05) is 23.8 Å². The quantitative estimate of drug-likeness (QED) is 0.928. The van der Waals surface area contributed by atoms with E-state index in [2.05, 4.69) is 15.9 Å². The molecule has 100 valence electrons. The summed E-state index contributed by atoms with van der Waals surface area (Å²) in [5.74, 6) is -0.626. The number of para-hydroxylation sites is 1. The average Bonchev–Trinajstić information content (AvgIpc) is 2.80. The van der Waals surface area contributed by atoms with Crippen LogP contribution >= 0.6 is 15.9 Å². The van der Waals surface area contributed by atoms with Crippen molar-refractivity contribution in [2.75, 3.05) is 0 Å². The number of carbonyl (C=O) groups excluding carboxylic acids is 1. The number of halogens is 1. The lowest BCUT2D eigenvalue weighted by Crippen LogP contribution is -2.29. The van der Waals surface area contributed by atoms with Gasteiger partial charge in [0.1, 0.15) is 4.90 Å². The standard InChI is InChI=1S/C12H11BrN2O3S/c1-9(16)14-19(17,18)11-6-4-5-10(13)12(11)15-7-2-3-8-15/h2-8H,1H3,(H,14,16). The van der Waals surface area contributed by atoms with E-state index in [0.29, 0.717) is 10.2 Å². The molecule has 7 heteroatoms. The van der Waals surface area contributed by atoms with Gasteiger partial charge in [0.25, 0.3) is 10.0 Å². The largest absolute Gasteiger partial charge is 0.322 e. The second-order valence-corrected chi connectivity index (χ2v) is 6.34. The number of aromatic nitrogens is 1. The highest BCUT2D eigenvalue weighted by atomic mass is 79.9. The van der Waals surface area contributed by atoms with Crippen molar-refractivity contribution in [3.05, 3.63) is 47.2 Å². The van der Waals surface area contributed by atoms with E-state index in [1.54, 1.807) is 41.2 Å². The molecule has 0 radical (unpaired) electrons. The van der Waals surface area contributed by atoms with Crippen molar-refractivity contribution in [2.45, 2.75) is 11.8 Å². The van der Waals surface area contributed by atoms with Gasteiger partial charge < -0.3 is 4.57 Å². The highest BCUT2D eigenvalue weighted by Gasteiger charge is 2.22. The van der Waals surface area contributed by atoms with Crippen LogP contribution in [0.1, 0.15) is 6.92 Å². The first-order chi connectivity index (χ1) is 8.92. The van der Waals surface area contributed by atoms with E-state index in [-0.39, 0.29) is 4.90 Å². The molecule has 19 heavy (non-hydrogen) atoms. The topological polar surface area (TPSA) is 68.2 Å². The van der Waals surface area contributed by atoms with E-state index in [4.69, 9.17) is 0 Å². The summed E-state index contributed by atoms with van der Waals surface area (Å²) in [7, 11) is -3.89. The van der Waals surface area contributed by atoms with E-state index in [1.807, 2.05) is 4.72 Å². The third-order valence-corrected chi connectivity index (χ3v) is 4.48. The number of sulfonamides is 1. The molecule has 0 fully saturated rings. The molecule has 0 unspecified atom stereocenters. The van der Waals surface area contributed by atoms with Crippen molar-refractivity contribution in [1.82, 2.24) is 9.29 Å². The molecule has 0 bridgehead atoms. The van der Waals surface area contributed by atoms with Crippen molar-refractivity contribution >= 4 is 31.9 Å². The van der Waals surface area contributed by atoms with Crippen molar-refractivity contribution < 1.29 is 13.2 Å². The van der Waals surface area contributed by atoms with E-state index >= 15 is 0 Å². The Hall–Kier alpha value is -1.60. The normalized spacial score (nSPS) is 11.3. The van der Waals surface area contributed by atoms with Gasteiger partial charge in [-0.2, -0.15) is 0 Å². The Morgan fingerprint density at radius 2 is 1.84 bits per heavy atom. The van der Waals surface area contributed by atoms with Crippen LogP contribution in [0.4, 0.5) is 0 Å². The van der Waals surface area contributed by atoms with Crippen molar-refractivity contribution in [1.29, 1.82) is 0 Å². The van der Waals surface area contributed by atoms with Crippen LogP contribution in [0.25, 0.3) is 5.69 Å². The number of nitrogens with zero attached hydrogens (tertiary/aromatic N) is 1. The molecule has 0 atom stereocenters. The van der Waals surface area contributed by atoms with Gasteiger partial charge >= 0.3 is 0 Å². The van der Waals surface area contributed by atoms with Gasteiger partial charge in [0.15, 0.2) is 0 Å². The molecule has 0 aliphatic carbocycles. The zero-order valence-corrected chi connectivity index (χ0v) is 12.4. The summed E-state index contributed by atoms with van der Waals surface area (Å²) in [6.07, 6.45) is 3.46. The van der Waals surface area contributed by atoms with Crippen LogP contribution in [0.2, 0.25) is 0 Å². The lowest BCUT2D eigenvalue weighted by molar-refractivity contribution is -0.117. The monoisotopic (exact) mass is 342 g/mol. The molecule has 0 aliphatic heterocycles. The summed E-state index contributed by atoms with van der Waals surface area (Å²) < 4.78 is 28.5. The molecule has 1 N–H and O–H groups in total. The van der Waals surface area contributed by atoms with Crippen LogP contribution in [0.3, 0.4) is 0 Å². The first kappa shape index (κ1) is 13.8. The van der Waals surface area contributed by atoms with Gasteiger partial charge in [0.05, 0.1) is 5.69 Å². The molecular formula is C12H11BrN2O3S. The zero-order valence-electron chi connectivity index (χ0n) is 10.00. The average molecular weight is 343 g/mol. The Morgan fingerprint density at radius 3 is 2.42 bits per heavy atom. The Labute approximate surface area is 119 Å². The lowest BCUT2D eigenvalue weighted by Gasteiger charge is -2.13. The first-order valence-corrected chi connectivity index (χ1v) is 7.64. The molecule has 1 amide bonds. The van der Waals surface area contributed by atoms with Gasteiger partial charge in [-0.3, -0.25) is 4.79 Å². The first-order valence-electron chi connectivity index (χ1n) is 5.37. The van der Waals surface area contributed by atoms with Crippen molar-refractivity contribution in [3.8, 4) is 5.69 Å². The van der Waals surface area contributed by atoms with E-state index in [1.165, 1.54) is 6.07 Å². The van der Waals surface area contributed by atoms with Crippen LogP contribution in [-0.2, 0) is 14.8 Å². The number of carbonyl (C=O) groups is 1. The predicted molar refractivity (Wildman–Crippen MR) is 74.5 cm³/mol. The minimum Gasteiger partial charge on any atom is -0.322 e. The van der Waals surface area contributed by atoms with Gasteiger partial charge in [-0.25, -0.2) is 13.1 Å². The Morgan fingerprint density at radius 1 is 1.21 bits per heavy atom. The molecule has 1 heterocycles. The highest BCUT2D eigenvalue weighted by Crippen LogP contribution is 2.28. The van der Waals surface area contributed by atoms with E-state index < -0.39 is 15.9 Å². The number of hydrogen-bond donors (Lipinski definition) is 1. The van der Waals surface area contributed by atoms with E-state index in [0.717, 1.165) is 6.92 Å². The molecule has 0 saturated carbocycles.